The predicted octanol–water partition coefficient (Wildman–Crippen LogP) is 3.78. The van der Waals surface area contributed by atoms with Crippen LogP contribution in [0.5, 0.6) is 5.75 Å². The Morgan fingerprint density at radius 2 is 1.86 bits per heavy atom. The molecule has 0 aliphatic carbocycles. The molecule has 3 heteroatoms. The number of fused-ring (bicyclic) bond motifs is 1. The molecule has 2 aromatic carbocycles. The smallest absolute Gasteiger partial charge is 0.264 e. The summed E-state index contributed by atoms with van der Waals surface area (Å²) in [6.45, 7) is 5.14. The molecular formula is C19H21NO2. The van der Waals surface area contributed by atoms with E-state index >= 15 is 0 Å². The Balaban J connectivity index is 1.61. The average molecular weight is 295 g/mol. The maximum Gasteiger partial charge on any atom is 0.264 e. The minimum atomic E-state index is 0.0119. The molecule has 3 rings (SSSR count). The van der Waals surface area contributed by atoms with Gasteiger partial charge in [-0.2, -0.15) is 0 Å². The van der Waals surface area contributed by atoms with Gasteiger partial charge in [0, 0.05) is 12.2 Å². The van der Waals surface area contributed by atoms with Crippen LogP contribution in [0, 0.1) is 0 Å². The number of ether oxygens (including phenoxy) is 1. The highest BCUT2D eigenvalue weighted by Gasteiger charge is 2.24. The molecule has 0 saturated heterocycles. The second-order valence-corrected chi connectivity index (χ2v) is 5.94. The van der Waals surface area contributed by atoms with Crippen molar-refractivity contribution in [2.75, 3.05) is 18.1 Å². The summed E-state index contributed by atoms with van der Waals surface area (Å²) in [5.41, 5.74) is 3.52. The maximum absolute atomic E-state index is 12.4. The SMILES string of the molecule is CC(C)c1ccc(OCC(=O)N2CCc3ccccc32)cc1. The van der Waals surface area contributed by atoms with Crippen molar-refractivity contribution in [1.82, 2.24) is 0 Å². The lowest BCUT2D eigenvalue weighted by atomic mass is 10.0. The summed E-state index contributed by atoms with van der Waals surface area (Å²) in [5, 5.41) is 0. The molecule has 0 spiro atoms. The molecule has 1 amide bonds. The van der Waals surface area contributed by atoms with Gasteiger partial charge in [-0.3, -0.25) is 4.79 Å². The van der Waals surface area contributed by atoms with E-state index in [4.69, 9.17) is 4.74 Å². The lowest BCUT2D eigenvalue weighted by molar-refractivity contribution is -0.120. The lowest BCUT2D eigenvalue weighted by Gasteiger charge is -2.17. The number of hydrogen-bond donors (Lipinski definition) is 0. The normalized spacial score (nSPS) is 13.3. The van der Waals surface area contributed by atoms with E-state index in [0.717, 1.165) is 24.4 Å². The van der Waals surface area contributed by atoms with Crippen LogP contribution in [-0.4, -0.2) is 19.1 Å². The van der Waals surface area contributed by atoms with Crippen molar-refractivity contribution in [1.29, 1.82) is 0 Å². The summed E-state index contributed by atoms with van der Waals surface area (Å²) in [4.78, 5) is 14.2. The van der Waals surface area contributed by atoms with Gasteiger partial charge in [-0.05, 0) is 41.7 Å². The first-order valence-corrected chi connectivity index (χ1v) is 7.76. The molecule has 1 aliphatic heterocycles. The van der Waals surface area contributed by atoms with Crippen LogP contribution >= 0.6 is 0 Å². The third-order valence-electron chi connectivity index (χ3n) is 4.10. The molecule has 114 valence electrons. The fourth-order valence-corrected chi connectivity index (χ4v) is 2.77. The Morgan fingerprint density at radius 3 is 2.59 bits per heavy atom. The van der Waals surface area contributed by atoms with Gasteiger partial charge in [-0.25, -0.2) is 0 Å². The van der Waals surface area contributed by atoms with Crippen molar-refractivity contribution in [3.63, 3.8) is 0 Å². The Morgan fingerprint density at radius 1 is 1.14 bits per heavy atom. The fourth-order valence-electron chi connectivity index (χ4n) is 2.77. The molecule has 1 aliphatic rings. The quantitative estimate of drug-likeness (QED) is 0.859. The summed E-state index contributed by atoms with van der Waals surface area (Å²) < 4.78 is 5.64. The minimum Gasteiger partial charge on any atom is -0.484 e. The molecule has 3 nitrogen and oxygen atoms in total. The van der Waals surface area contributed by atoms with Gasteiger partial charge in [0.05, 0.1) is 0 Å². The van der Waals surface area contributed by atoms with Gasteiger partial charge in [-0.15, -0.1) is 0 Å². The molecule has 0 saturated carbocycles. The third kappa shape index (κ3) is 2.98. The first-order chi connectivity index (χ1) is 10.6. The molecule has 22 heavy (non-hydrogen) atoms. The van der Waals surface area contributed by atoms with Gasteiger partial charge in [0.25, 0.3) is 5.91 Å². The second-order valence-electron chi connectivity index (χ2n) is 5.94. The molecule has 0 bridgehead atoms. The van der Waals surface area contributed by atoms with Crippen molar-refractivity contribution < 1.29 is 9.53 Å². The van der Waals surface area contributed by atoms with Crippen LogP contribution < -0.4 is 9.64 Å². The van der Waals surface area contributed by atoms with E-state index < -0.39 is 0 Å². The van der Waals surface area contributed by atoms with Crippen LogP contribution in [0.25, 0.3) is 0 Å². The molecule has 0 N–H and O–H groups in total. The standard InChI is InChI=1S/C19H21NO2/c1-14(2)15-7-9-17(10-8-15)22-13-19(21)20-12-11-16-5-3-4-6-18(16)20/h3-10,14H,11-13H2,1-2H3. The molecule has 1 heterocycles. The van der Waals surface area contributed by atoms with Crippen LogP contribution in [0.2, 0.25) is 0 Å². The van der Waals surface area contributed by atoms with Crippen molar-refractivity contribution in [3.05, 3.63) is 59.7 Å². The van der Waals surface area contributed by atoms with E-state index in [1.54, 1.807) is 0 Å². The van der Waals surface area contributed by atoms with Crippen LogP contribution in [-0.2, 0) is 11.2 Å². The number of rotatable bonds is 4. The van der Waals surface area contributed by atoms with Crippen LogP contribution in [0.15, 0.2) is 48.5 Å². The first-order valence-electron chi connectivity index (χ1n) is 7.76. The molecule has 0 aromatic heterocycles. The van der Waals surface area contributed by atoms with E-state index in [1.807, 2.05) is 35.2 Å². The third-order valence-corrected chi connectivity index (χ3v) is 4.10. The van der Waals surface area contributed by atoms with Gasteiger partial charge in [0.1, 0.15) is 5.75 Å². The number of hydrogen-bond acceptors (Lipinski definition) is 2. The summed E-state index contributed by atoms with van der Waals surface area (Å²) in [6, 6.07) is 16.0. The lowest BCUT2D eigenvalue weighted by Crippen LogP contribution is -2.33. The number of amides is 1. The Kier molecular flexibility index (Phi) is 4.14. The number of carbonyl (C=O) groups is 1. The fraction of sp³-hybridized carbons (Fsp3) is 0.316. The average Bonchev–Trinajstić information content (AvgIpc) is 2.97. The Bertz CT molecular complexity index is 661. The second kappa shape index (κ2) is 6.22. The predicted molar refractivity (Wildman–Crippen MR) is 88.5 cm³/mol. The van der Waals surface area contributed by atoms with Crippen LogP contribution in [0.4, 0.5) is 5.69 Å². The number of carbonyl (C=O) groups excluding carboxylic acids is 1. The largest absolute Gasteiger partial charge is 0.484 e. The van der Waals surface area contributed by atoms with E-state index in [2.05, 4.69) is 32.0 Å². The van der Waals surface area contributed by atoms with Gasteiger partial charge >= 0.3 is 0 Å². The summed E-state index contributed by atoms with van der Waals surface area (Å²) >= 11 is 0. The summed E-state index contributed by atoms with van der Waals surface area (Å²) in [5.74, 6) is 1.25. The maximum atomic E-state index is 12.4. The van der Waals surface area contributed by atoms with Gasteiger partial charge in [0.15, 0.2) is 6.61 Å². The highest BCUT2D eigenvalue weighted by molar-refractivity contribution is 5.96. The molecule has 0 atom stereocenters. The molecule has 0 unspecified atom stereocenters. The number of anilines is 1. The van der Waals surface area contributed by atoms with E-state index in [1.165, 1.54) is 11.1 Å². The zero-order chi connectivity index (χ0) is 15.5. The summed E-state index contributed by atoms with van der Waals surface area (Å²) in [6.07, 6.45) is 0.922. The summed E-state index contributed by atoms with van der Waals surface area (Å²) in [7, 11) is 0. The van der Waals surface area contributed by atoms with Crippen molar-refractivity contribution in [2.45, 2.75) is 26.2 Å². The topological polar surface area (TPSA) is 29.5 Å². The first kappa shape index (κ1) is 14.6. The molecule has 2 aromatic rings. The van der Waals surface area contributed by atoms with Crippen LogP contribution in [0.1, 0.15) is 30.9 Å². The monoisotopic (exact) mass is 295 g/mol. The Hall–Kier alpha value is -2.29. The minimum absolute atomic E-state index is 0.0119. The molecule has 0 fully saturated rings. The zero-order valence-electron chi connectivity index (χ0n) is 13.1. The van der Waals surface area contributed by atoms with Crippen LogP contribution in [0.3, 0.4) is 0 Å². The Labute approximate surface area is 131 Å². The van der Waals surface area contributed by atoms with Crippen molar-refractivity contribution in [3.8, 4) is 5.75 Å². The highest BCUT2D eigenvalue weighted by atomic mass is 16.5. The van der Waals surface area contributed by atoms with Crippen molar-refractivity contribution >= 4 is 11.6 Å². The van der Waals surface area contributed by atoms with Gasteiger partial charge in [0.2, 0.25) is 0 Å². The zero-order valence-corrected chi connectivity index (χ0v) is 13.1. The number of para-hydroxylation sites is 1. The number of benzene rings is 2. The van der Waals surface area contributed by atoms with E-state index in [0.29, 0.717) is 5.92 Å². The van der Waals surface area contributed by atoms with Gasteiger partial charge in [-0.1, -0.05) is 44.2 Å². The van der Waals surface area contributed by atoms with E-state index in [9.17, 15) is 4.79 Å². The van der Waals surface area contributed by atoms with E-state index in [-0.39, 0.29) is 12.5 Å². The van der Waals surface area contributed by atoms with Gasteiger partial charge < -0.3 is 9.64 Å². The highest BCUT2D eigenvalue weighted by Crippen LogP contribution is 2.27. The van der Waals surface area contributed by atoms with Crippen molar-refractivity contribution in [2.24, 2.45) is 0 Å². The molecule has 0 radical (unpaired) electrons. The number of nitrogens with zero attached hydrogens (tertiary/aromatic N) is 1. The molecular weight excluding hydrogens is 274 g/mol.